The molecule has 2 aromatic carbocycles. The van der Waals surface area contributed by atoms with Crippen molar-refractivity contribution in [1.29, 1.82) is 0 Å². The number of anilines is 1. The number of amides is 1. The van der Waals surface area contributed by atoms with E-state index < -0.39 is 29.1 Å². The zero-order chi connectivity index (χ0) is 24.5. The summed E-state index contributed by atoms with van der Waals surface area (Å²) in [5.74, 6) is -2.29. The smallest absolute Gasteiger partial charge is 0.356 e. The third-order valence-corrected chi connectivity index (χ3v) is 5.72. The normalized spacial score (nSPS) is 13.0. The molecule has 2 heterocycles. The number of rotatable bonds is 7. The van der Waals surface area contributed by atoms with Gasteiger partial charge in [-0.25, -0.2) is 18.6 Å². The van der Waals surface area contributed by atoms with Gasteiger partial charge in [-0.3, -0.25) is 9.36 Å². The van der Waals surface area contributed by atoms with Gasteiger partial charge in [0.05, 0.1) is 30.9 Å². The third-order valence-electron chi connectivity index (χ3n) is 5.72. The highest BCUT2D eigenvalue weighted by atomic mass is 19.1. The first-order valence-corrected chi connectivity index (χ1v) is 10.8. The number of nitrogens with one attached hydrogen (secondary N) is 1. The van der Waals surface area contributed by atoms with Gasteiger partial charge in [0.1, 0.15) is 18.0 Å². The number of imidazole rings is 1. The summed E-state index contributed by atoms with van der Waals surface area (Å²) < 4.78 is 36.9. The molecule has 9 nitrogen and oxygen atoms in total. The number of benzene rings is 2. The van der Waals surface area contributed by atoms with Crippen molar-refractivity contribution in [3.63, 3.8) is 0 Å². The van der Waals surface area contributed by atoms with Crippen molar-refractivity contribution in [1.82, 2.24) is 24.3 Å². The summed E-state index contributed by atoms with van der Waals surface area (Å²) in [7, 11) is 1.17. The first-order valence-electron chi connectivity index (χ1n) is 10.8. The van der Waals surface area contributed by atoms with Crippen LogP contribution in [-0.4, -0.2) is 43.3 Å². The van der Waals surface area contributed by atoms with Crippen molar-refractivity contribution < 1.29 is 23.1 Å². The Morgan fingerprint density at radius 2 is 1.97 bits per heavy atom. The van der Waals surface area contributed by atoms with Gasteiger partial charge in [-0.2, -0.15) is 0 Å². The SMILES string of the molecule is COC(=O)c1cncn1-c1cc(C(=O)Nc2cccc(-c3nncn3CC3CC3)c2)c(F)cc1F. The number of ether oxygens (including phenoxy) is 1. The van der Waals surface area contributed by atoms with Crippen LogP contribution in [0.25, 0.3) is 17.1 Å². The summed E-state index contributed by atoms with van der Waals surface area (Å²) in [4.78, 5) is 28.7. The van der Waals surface area contributed by atoms with E-state index in [4.69, 9.17) is 0 Å². The maximum atomic E-state index is 14.6. The molecule has 0 spiro atoms. The average molecular weight is 478 g/mol. The number of carbonyl (C=O) groups excluding carboxylic acids is 2. The molecule has 0 radical (unpaired) electrons. The van der Waals surface area contributed by atoms with Crippen LogP contribution in [0.3, 0.4) is 0 Å². The van der Waals surface area contributed by atoms with Crippen molar-refractivity contribution in [2.75, 3.05) is 12.4 Å². The zero-order valence-corrected chi connectivity index (χ0v) is 18.6. The molecule has 0 bridgehead atoms. The van der Waals surface area contributed by atoms with Crippen LogP contribution in [0.2, 0.25) is 0 Å². The maximum absolute atomic E-state index is 14.6. The number of hydrogen-bond acceptors (Lipinski definition) is 6. The van der Waals surface area contributed by atoms with Gasteiger partial charge in [-0.05, 0) is 37.0 Å². The van der Waals surface area contributed by atoms with Crippen LogP contribution in [0.5, 0.6) is 0 Å². The summed E-state index contributed by atoms with van der Waals surface area (Å²) in [6, 6.07) is 8.54. The standard InChI is InChI=1S/C24H20F2N6O3/c1-35-24(34)21-10-27-12-32(21)20-8-17(18(25)9-19(20)26)23(33)29-16-4-2-3-15(7-16)22-30-28-13-31(22)11-14-5-6-14/h2-4,7-10,12-14H,5-6,11H2,1H3,(H,29,33). The second-order valence-corrected chi connectivity index (χ2v) is 8.21. The summed E-state index contributed by atoms with van der Waals surface area (Å²) in [5, 5.41) is 10.8. The molecule has 1 aliphatic carbocycles. The Morgan fingerprint density at radius 3 is 2.74 bits per heavy atom. The van der Waals surface area contributed by atoms with Crippen LogP contribution in [0.1, 0.15) is 33.7 Å². The first kappa shape index (κ1) is 22.4. The predicted molar refractivity (Wildman–Crippen MR) is 121 cm³/mol. The Bertz CT molecular complexity index is 1430. The zero-order valence-electron chi connectivity index (χ0n) is 18.6. The fraction of sp³-hybridized carbons (Fsp3) is 0.208. The molecule has 1 N–H and O–H groups in total. The van der Waals surface area contributed by atoms with Crippen LogP contribution in [-0.2, 0) is 11.3 Å². The van der Waals surface area contributed by atoms with E-state index in [0.717, 1.165) is 22.7 Å². The Hall–Kier alpha value is -4.41. The number of nitrogens with zero attached hydrogens (tertiary/aromatic N) is 5. The number of aromatic nitrogens is 5. The van der Waals surface area contributed by atoms with Crippen molar-refractivity contribution in [3.8, 4) is 17.1 Å². The van der Waals surface area contributed by atoms with Gasteiger partial charge in [0.2, 0.25) is 0 Å². The van der Waals surface area contributed by atoms with Crippen LogP contribution in [0.4, 0.5) is 14.5 Å². The number of carbonyl (C=O) groups is 2. The molecular weight excluding hydrogens is 458 g/mol. The highest BCUT2D eigenvalue weighted by Crippen LogP contribution is 2.32. The van der Waals surface area contributed by atoms with Crippen molar-refractivity contribution >= 4 is 17.6 Å². The molecule has 5 rings (SSSR count). The van der Waals surface area contributed by atoms with E-state index >= 15 is 0 Å². The van der Waals surface area contributed by atoms with E-state index in [-0.39, 0.29) is 11.4 Å². The largest absolute Gasteiger partial charge is 0.464 e. The first-order chi connectivity index (χ1) is 16.9. The lowest BCUT2D eigenvalue weighted by Crippen LogP contribution is -2.16. The summed E-state index contributed by atoms with van der Waals surface area (Å²) in [6.45, 7) is 0.824. The van der Waals surface area contributed by atoms with Crippen LogP contribution >= 0.6 is 0 Å². The minimum absolute atomic E-state index is 0.0765. The average Bonchev–Trinajstić information content (AvgIpc) is 3.32. The van der Waals surface area contributed by atoms with Gasteiger partial charge in [0.15, 0.2) is 11.5 Å². The van der Waals surface area contributed by atoms with Gasteiger partial charge in [-0.1, -0.05) is 12.1 Å². The molecule has 0 atom stereocenters. The second kappa shape index (κ2) is 9.09. The molecule has 0 unspecified atom stereocenters. The highest BCUT2D eigenvalue weighted by molar-refractivity contribution is 6.05. The molecule has 4 aromatic rings. The van der Waals surface area contributed by atoms with E-state index in [2.05, 4.69) is 25.2 Å². The molecule has 1 saturated carbocycles. The highest BCUT2D eigenvalue weighted by Gasteiger charge is 2.24. The number of esters is 1. The summed E-state index contributed by atoms with van der Waals surface area (Å²) >= 11 is 0. The molecule has 0 aliphatic heterocycles. The molecule has 0 saturated heterocycles. The van der Waals surface area contributed by atoms with E-state index in [1.165, 1.54) is 32.5 Å². The quantitative estimate of drug-likeness (QED) is 0.405. The number of hydrogen-bond donors (Lipinski definition) is 1. The van der Waals surface area contributed by atoms with Crippen molar-refractivity contribution in [2.24, 2.45) is 5.92 Å². The molecule has 1 amide bonds. The van der Waals surface area contributed by atoms with Gasteiger partial charge in [-0.15, -0.1) is 10.2 Å². The van der Waals surface area contributed by atoms with Crippen LogP contribution < -0.4 is 5.32 Å². The van der Waals surface area contributed by atoms with E-state index in [1.54, 1.807) is 24.5 Å². The summed E-state index contributed by atoms with van der Waals surface area (Å²) in [6.07, 6.45) is 6.39. The molecule has 11 heteroatoms. The Kier molecular flexibility index (Phi) is 5.81. The van der Waals surface area contributed by atoms with Crippen LogP contribution in [0, 0.1) is 17.6 Å². The maximum Gasteiger partial charge on any atom is 0.356 e. The lowest BCUT2D eigenvalue weighted by molar-refractivity contribution is 0.0591. The minimum atomic E-state index is -1.05. The van der Waals surface area contributed by atoms with E-state index in [0.29, 0.717) is 23.5 Å². The number of halogens is 2. The fourth-order valence-corrected chi connectivity index (χ4v) is 3.76. The summed E-state index contributed by atoms with van der Waals surface area (Å²) in [5.41, 5.74) is 0.427. The van der Waals surface area contributed by atoms with E-state index in [9.17, 15) is 18.4 Å². The monoisotopic (exact) mass is 478 g/mol. The van der Waals surface area contributed by atoms with Crippen LogP contribution in [0.15, 0.2) is 55.2 Å². The second-order valence-electron chi connectivity index (χ2n) is 8.21. The number of methoxy groups -OCH3 is 1. The lowest BCUT2D eigenvalue weighted by Gasteiger charge is -2.12. The molecule has 1 fully saturated rings. The fourth-order valence-electron chi connectivity index (χ4n) is 3.76. The van der Waals surface area contributed by atoms with Gasteiger partial charge in [0.25, 0.3) is 5.91 Å². The lowest BCUT2D eigenvalue weighted by atomic mass is 10.1. The van der Waals surface area contributed by atoms with Gasteiger partial charge in [0, 0.05) is 23.9 Å². The molecular formula is C24H20F2N6O3. The minimum Gasteiger partial charge on any atom is -0.464 e. The van der Waals surface area contributed by atoms with Gasteiger partial charge < -0.3 is 14.6 Å². The molecule has 2 aromatic heterocycles. The van der Waals surface area contributed by atoms with E-state index in [1.807, 2.05) is 10.6 Å². The molecule has 35 heavy (non-hydrogen) atoms. The Labute approximate surface area is 198 Å². The van der Waals surface area contributed by atoms with Gasteiger partial charge >= 0.3 is 5.97 Å². The molecule has 178 valence electrons. The Balaban J connectivity index is 1.43. The van der Waals surface area contributed by atoms with Crippen molar-refractivity contribution in [3.05, 3.63) is 78.1 Å². The topological polar surface area (TPSA) is 104 Å². The molecule has 1 aliphatic rings. The predicted octanol–water partition coefficient (Wildman–Crippen LogP) is 3.86. The van der Waals surface area contributed by atoms with Crippen molar-refractivity contribution in [2.45, 2.75) is 19.4 Å². The Morgan fingerprint density at radius 1 is 1.14 bits per heavy atom. The third kappa shape index (κ3) is 4.52.